The van der Waals surface area contributed by atoms with Gasteiger partial charge in [0.15, 0.2) is 11.0 Å². The maximum absolute atomic E-state index is 12.4. The lowest BCUT2D eigenvalue weighted by atomic mass is 10.2. The van der Waals surface area contributed by atoms with Gasteiger partial charge in [-0.1, -0.05) is 18.7 Å². The Balaban J connectivity index is 1.69. The van der Waals surface area contributed by atoms with Gasteiger partial charge in [0, 0.05) is 36.6 Å². The molecular formula is C18H23N7OS. The zero-order valence-corrected chi connectivity index (χ0v) is 16.5. The topological polar surface area (TPSA) is 90.5 Å². The third-order valence-electron chi connectivity index (χ3n) is 3.86. The van der Waals surface area contributed by atoms with Crippen LogP contribution in [0.1, 0.15) is 33.2 Å². The minimum absolute atomic E-state index is 0.0982. The third-order valence-corrected chi connectivity index (χ3v) is 4.83. The normalized spacial score (nSPS) is 11.1. The Morgan fingerprint density at radius 2 is 1.96 bits per heavy atom. The molecule has 0 saturated heterocycles. The molecule has 3 aromatic heterocycles. The minimum Gasteiger partial charge on any atom is -0.310 e. The van der Waals surface area contributed by atoms with Crippen molar-refractivity contribution < 1.29 is 4.79 Å². The van der Waals surface area contributed by atoms with E-state index < -0.39 is 0 Å². The number of carbonyl (C=O) groups excluding carboxylic acids is 1. The van der Waals surface area contributed by atoms with Crippen molar-refractivity contribution in [2.45, 2.75) is 44.9 Å². The molecule has 0 unspecified atom stereocenters. The van der Waals surface area contributed by atoms with Crippen LogP contribution in [-0.4, -0.2) is 41.2 Å². The number of hydrogen-bond donors (Lipinski definition) is 1. The van der Waals surface area contributed by atoms with Gasteiger partial charge in [-0.3, -0.25) is 9.78 Å². The molecule has 0 radical (unpaired) electrons. The quantitative estimate of drug-likeness (QED) is 0.599. The summed E-state index contributed by atoms with van der Waals surface area (Å²) in [6.45, 7) is 6.93. The van der Waals surface area contributed by atoms with E-state index in [1.54, 1.807) is 29.3 Å². The van der Waals surface area contributed by atoms with Crippen molar-refractivity contribution in [2.24, 2.45) is 0 Å². The highest BCUT2D eigenvalue weighted by molar-refractivity contribution is 7.99. The number of anilines is 1. The van der Waals surface area contributed by atoms with E-state index in [0.717, 1.165) is 29.5 Å². The van der Waals surface area contributed by atoms with E-state index in [4.69, 9.17) is 0 Å². The predicted octanol–water partition coefficient (Wildman–Crippen LogP) is 3.26. The average Bonchev–Trinajstić information content (AvgIpc) is 3.28. The fourth-order valence-electron chi connectivity index (χ4n) is 2.67. The van der Waals surface area contributed by atoms with Crippen molar-refractivity contribution in [3.8, 4) is 11.4 Å². The van der Waals surface area contributed by atoms with Crippen LogP contribution in [-0.2, 0) is 11.3 Å². The maximum atomic E-state index is 12.4. The van der Waals surface area contributed by atoms with Gasteiger partial charge in [0.1, 0.15) is 5.82 Å². The van der Waals surface area contributed by atoms with Gasteiger partial charge in [-0.15, -0.1) is 10.2 Å². The van der Waals surface area contributed by atoms with Crippen LogP contribution in [0.15, 0.2) is 41.9 Å². The van der Waals surface area contributed by atoms with Crippen molar-refractivity contribution in [1.82, 2.24) is 29.5 Å². The number of rotatable bonds is 8. The van der Waals surface area contributed by atoms with Gasteiger partial charge in [-0.05, 0) is 32.4 Å². The molecule has 1 N–H and O–H groups in total. The first-order valence-electron chi connectivity index (χ1n) is 8.90. The Morgan fingerprint density at radius 3 is 2.67 bits per heavy atom. The number of carbonyl (C=O) groups is 1. The number of thioether (sulfide) groups is 1. The fourth-order valence-corrected chi connectivity index (χ4v) is 3.43. The van der Waals surface area contributed by atoms with Gasteiger partial charge in [-0.25, -0.2) is 4.68 Å². The van der Waals surface area contributed by atoms with Gasteiger partial charge in [-0.2, -0.15) is 5.10 Å². The summed E-state index contributed by atoms with van der Waals surface area (Å²) < 4.78 is 3.83. The Labute approximate surface area is 162 Å². The van der Waals surface area contributed by atoms with Gasteiger partial charge < -0.3 is 9.88 Å². The first-order valence-corrected chi connectivity index (χ1v) is 9.88. The molecular weight excluding hydrogens is 362 g/mol. The molecule has 8 nitrogen and oxygen atoms in total. The van der Waals surface area contributed by atoms with E-state index in [2.05, 4.69) is 32.5 Å². The largest absolute Gasteiger partial charge is 0.310 e. The molecule has 0 spiro atoms. The zero-order chi connectivity index (χ0) is 19.2. The van der Waals surface area contributed by atoms with Crippen LogP contribution in [0.25, 0.3) is 11.4 Å². The van der Waals surface area contributed by atoms with Crippen molar-refractivity contribution in [3.63, 3.8) is 0 Å². The average molecular weight is 385 g/mol. The lowest BCUT2D eigenvalue weighted by Gasteiger charge is -2.12. The smallest absolute Gasteiger partial charge is 0.235 e. The van der Waals surface area contributed by atoms with Crippen LogP contribution in [0.5, 0.6) is 0 Å². The summed E-state index contributed by atoms with van der Waals surface area (Å²) in [5.74, 6) is 1.64. The highest BCUT2D eigenvalue weighted by Crippen LogP contribution is 2.24. The zero-order valence-electron chi connectivity index (χ0n) is 15.7. The Morgan fingerprint density at radius 1 is 1.19 bits per heavy atom. The van der Waals surface area contributed by atoms with Crippen molar-refractivity contribution >= 4 is 23.5 Å². The molecule has 142 valence electrons. The van der Waals surface area contributed by atoms with Crippen LogP contribution in [0.3, 0.4) is 0 Å². The standard InChI is InChI=1S/C18H23N7OS/c1-4-11-24-17(14-5-8-19-9-6-14)22-23-18(24)27-12-16(26)21-15-7-10-20-25(15)13(2)3/h5-10,13H,4,11-12H2,1-3H3,(H,21,26). The molecule has 0 aliphatic rings. The summed E-state index contributed by atoms with van der Waals surface area (Å²) in [5, 5.41) is 16.5. The molecule has 0 aliphatic carbocycles. The number of nitrogens with zero attached hydrogens (tertiary/aromatic N) is 6. The van der Waals surface area contributed by atoms with Crippen LogP contribution >= 0.6 is 11.8 Å². The molecule has 3 rings (SSSR count). The molecule has 0 fully saturated rings. The molecule has 27 heavy (non-hydrogen) atoms. The highest BCUT2D eigenvalue weighted by atomic mass is 32.2. The molecule has 0 aliphatic heterocycles. The number of pyridine rings is 1. The van der Waals surface area contributed by atoms with Crippen molar-refractivity contribution in [3.05, 3.63) is 36.8 Å². The summed E-state index contributed by atoms with van der Waals surface area (Å²) in [6, 6.07) is 5.79. The Hall–Kier alpha value is -2.68. The lowest BCUT2D eigenvalue weighted by Crippen LogP contribution is -2.18. The number of amides is 1. The second kappa shape index (κ2) is 8.81. The summed E-state index contributed by atoms with van der Waals surface area (Å²) in [5.41, 5.74) is 0.961. The number of nitrogens with one attached hydrogen (secondary N) is 1. The van der Waals surface area contributed by atoms with E-state index in [0.29, 0.717) is 5.82 Å². The molecule has 0 saturated carbocycles. The molecule has 1 amide bonds. The van der Waals surface area contributed by atoms with Crippen LogP contribution < -0.4 is 5.32 Å². The van der Waals surface area contributed by atoms with Gasteiger partial charge in [0.2, 0.25) is 5.91 Å². The van der Waals surface area contributed by atoms with Crippen LogP contribution in [0, 0.1) is 0 Å². The van der Waals surface area contributed by atoms with E-state index in [1.807, 2.05) is 30.5 Å². The summed E-state index contributed by atoms with van der Waals surface area (Å²) >= 11 is 1.38. The van der Waals surface area contributed by atoms with E-state index in [1.165, 1.54) is 11.8 Å². The fraction of sp³-hybridized carbons (Fsp3) is 0.389. The van der Waals surface area contributed by atoms with E-state index in [-0.39, 0.29) is 17.7 Å². The molecule has 0 bridgehead atoms. The first kappa shape index (κ1) is 19.1. The second-order valence-corrected chi connectivity index (χ2v) is 7.23. The first-order chi connectivity index (χ1) is 13.1. The van der Waals surface area contributed by atoms with Gasteiger partial charge in [0.25, 0.3) is 0 Å². The monoisotopic (exact) mass is 385 g/mol. The van der Waals surface area contributed by atoms with Gasteiger partial charge >= 0.3 is 0 Å². The lowest BCUT2D eigenvalue weighted by molar-refractivity contribution is -0.113. The molecule has 3 heterocycles. The Kier molecular flexibility index (Phi) is 6.23. The molecule has 0 atom stereocenters. The van der Waals surface area contributed by atoms with Crippen LogP contribution in [0.2, 0.25) is 0 Å². The molecule has 3 aromatic rings. The molecule has 0 aromatic carbocycles. The third kappa shape index (κ3) is 4.54. The molecule has 9 heteroatoms. The van der Waals surface area contributed by atoms with E-state index >= 15 is 0 Å². The number of hydrogen-bond acceptors (Lipinski definition) is 6. The SMILES string of the molecule is CCCn1c(SCC(=O)Nc2ccnn2C(C)C)nnc1-c1ccncc1. The minimum atomic E-state index is -0.0982. The highest BCUT2D eigenvalue weighted by Gasteiger charge is 2.16. The second-order valence-electron chi connectivity index (χ2n) is 6.29. The summed E-state index contributed by atoms with van der Waals surface area (Å²) in [6.07, 6.45) is 6.10. The summed E-state index contributed by atoms with van der Waals surface area (Å²) in [4.78, 5) is 16.4. The van der Waals surface area contributed by atoms with Gasteiger partial charge in [0.05, 0.1) is 11.9 Å². The maximum Gasteiger partial charge on any atom is 0.235 e. The predicted molar refractivity (Wildman–Crippen MR) is 106 cm³/mol. The number of aromatic nitrogens is 6. The van der Waals surface area contributed by atoms with Crippen molar-refractivity contribution in [1.29, 1.82) is 0 Å². The summed E-state index contributed by atoms with van der Waals surface area (Å²) in [7, 11) is 0. The Bertz CT molecular complexity index is 888. The van der Waals surface area contributed by atoms with Crippen molar-refractivity contribution in [2.75, 3.05) is 11.1 Å². The van der Waals surface area contributed by atoms with E-state index in [9.17, 15) is 4.79 Å². The van der Waals surface area contributed by atoms with Crippen LogP contribution in [0.4, 0.5) is 5.82 Å².